The summed E-state index contributed by atoms with van der Waals surface area (Å²) in [6, 6.07) is 0.135. The Morgan fingerprint density at radius 2 is 2.00 bits per heavy atom. The molecule has 1 aromatic rings. The molecule has 0 saturated heterocycles. The standard InChI is InChI=1S/C11H16N4O2S/c12-11-7(4-13-14-11)18(16,17)15-10-8-5-1-2-6(3-5)9(8)10/h4-6,8-10,15H,1-3H2,(H3,12,13,14). The second-order valence-electron chi connectivity index (χ2n) is 5.78. The minimum Gasteiger partial charge on any atom is -0.383 e. The van der Waals surface area contributed by atoms with E-state index < -0.39 is 10.0 Å². The van der Waals surface area contributed by atoms with Crippen LogP contribution in [0.1, 0.15) is 19.3 Å². The van der Waals surface area contributed by atoms with E-state index in [9.17, 15) is 8.42 Å². The van der Waals surface area contributed by atoms with Crippen LogP contribution in [-0.2, 0) is 10.0 Å². The SMILES string of the molecule is Nc1[nH]ncc1S(=O)(=O)NC1C2C3CCC(C3)C12. The fourth-order valence-electron chi connectivity index (χ4n) is 4.22. The van der Waals surface area contributed by atoms with E-state index in [0.29, 0.717) is 11.8 Å². The summed E-state index contributed by atoms with van der Waals surface area (Å²) < 4.78 is 27.2. The topological polar surface area (TPSA) is 101 Å². The normalized spacial score (nSPS) is 41.0. The zero-order valence-electron chi connectivity index (χ0n) is 9.83. The largest absolute Gasteiger partial charge is 0.383 e. The Bertz CT molecular complexity index is 580. The van der Waals surface area contributed by atoms with Crippen molar-refractivity contribution < 1.29 is 8.42 Å². The molecule has 0 spiro atoms. The molecule has 3 saturated carbocycles. The molecule has 1 heterocycles. The average molecular weight is 268 g/mol. The Morgan fingerprint density at radius 1 is 1.33 bits per heavy atom. The predicted octanol–water partition coefficient (Wildman–Crippen LogP) is 0.315. The molecule has 3 aliphatic carbocycles. The van der Waals surface area contributed by atoms with Gasteiger partial charge in [-0.3, -0.25) is 5.10 Å². The highest BCUT2D eigenvalue weighted by Crippen LogP contribution is 2.65. The van der Waals surface area contributed by atoms with Crippen LogP contribution >= 0.6 is 0 Å². The molecule has 6 nitrogen and oxygen atoms in total. The minimum absolute atomic E-state index is 0.0693. The summed E-state index contributed by atoms with van der Waals surface area (Å²) in [7, 11) is -3.51. The number of fused-ring (bicyclic) bond motifs is 5. The van der Waals surface area contributed by atoms with Crippen molar-refractivity contribution in [2.75, 3.05) is 5.73 Å². The van der Waals surface area contributed by atoms with Gasteiger partial charge in [-0.15, -0.1) is 0 Å². The molecule has 0 amide bonds. The van der Waals surface area contributed by atoms with Crippen LogP contribution in [-0.4, -0.2) is 24.7 Å². The third kappa shape index (κ3) is 1.31. The Hall–Kier alpha value is -1.08. The molecular formula is C11H16N4O2S. The lowest BCUT2D eigenvalue weighted by molar-refractivity contribution is 0.456. The maximum atomic E-state index is 12.2. The molecule has 18 heavy (non-hydrogen) atoms. The lowest BCUT2D eigenvalue weighted by Crippen LogP contribution is -2.30. The van der Waals surface area contributed by atoms with Crippen LogP contribution < -0.4 is 10.5 Å². The molecule has 4 N–H and O–H groups in total. The molecule has 0 aliphatic heterocycles. The van der Waals surface area contributed by atoms with Gasteiger partial charge in [0.05, 0.1) is 6.20 Å². The van der Waals surface area contributed by atoms with Crippen LogP contribution in [0.15, 0.2) is 11.1 Å². The van der Waals surface area contributed by atoms with Gasteiger partial charge >= 0.3 is 0 Å². The van der Waals surface area contributed by atoms with Crippen molar-refractivity contribution in [3.63, 3.8) is 0 Å². The zero-order valence-corrected chi connectivity index (χ0v) is 10.7. The fourth-order valence-corrected chi connectivity index (χ4v) is 5.55. The van der Waals surface area contributed by atoms with Gasteiger partial charge in [-0.25, -0.2) is 13.1 Å². The Morgan fingerprint density at radius 3 is 2.56 bits per heavy atom. The number of nitrogen functional groups attached to an aromatic ring is 1. The molecule has 0 radical (unpaired) electrons. The van der Waals surface area contributed by atoms with Crippen molar-refractivity contribution in [2.24, 2.45) is 23.7 Å². The molecule has 4 atom stereocenters. The summed E-state index contributed by atoms with van der Waals surface area (Å²) in [4.78, 5) is 0.0693. The van der Waals surface area contributed by atoms with Gasteiger partial charge < -0.3 is 5.73 Å². The van der Waals surface area contributed by atoms with Crippen molar-refractivity contribution in [1.29, 1.82) is 0 Å². The van der Waals surface area contributed by atoms with Gasteiger partial charge in [0.2, 0.25) is 10.0 Å². The number of H-pyrrole nitrogens is 1. The molecule has 2 bridgehead atoms. The third-order valence-electron chi connectivity index (χ3n) is 4.95. The van der Waals surface area contributed by atoms with Crippen LogP contribution in [0, 0.1) is 23.7 Å². The first kappa shape index (κ1) is 10.8. The number of hydrogen-bond acceptors (Lipinski definition) is 4. The van der Waals surface area contributed by atoms with Gasteiger partial charge in [-0.1, -0.05) is 0 Å². The third-order valence-corrected chi connectivity index (χ3v) is 6.44. The van der Waals surface area contributed by atoms with Crippen LogP contribution in [0.2, 0.25) is 0 Å². The van der Waals surface area contributed by atoms with E-state index in [0.717, 1.165) is 11.8 Å². The molecule has 1 aromatic heterocycles. The predicted molar refractivity (Wildman–Crippen MR) is 64.9 cm³/mol. The average Bonchev–Trinajstić information content (AvgIpc) is 2.77. The molecule has 4 rings (SSSR count). The fraction of sp³-hybridized carbons (Fsp3) is 0.727. The quantitative estimate of drug-likeness (QED) is 0.734. The van der Waals surface area contributed by atoms with E-state index in [4.69, 9.17) is 5.73 Å². The number of sulfonamides is 1. The number of rotatable bonds is 3. The van der Waals surface area contributed by atoms with Gasteiger partial charge in [0.1, 0.15) is 10.7 Å². The highest BCUT2D eigenvalue weighted by Gasteiger charge is 2.65. The van der Waals surface area contributed by atoms with Crippen molar-refractivity contribution in [3.05, 3.63) is 6.20 Å². The first-order valence-electron chi connectivity index (χ1n) is 6.39. The summed E-state index contributed by atoms with van der Waals surface area (Å²) >= 11 is 0. The number of hydrogen-bond donors (Lipinski definition) is 3. The summed E-state index contributed by atoms with van der Waals surface area (Å²) in [5.74, 6) is 2.75. The number of aromatic amines is 1. The zero-order chi connectivity index (χ0) is 12.5. The van der Waals surface area contributed by atoms with Crippen molar-refractivity contribution in [3.8, 4) is 0 Å². The maximum Gasteiger partial charge on any atom is 0.246 e. The smallest absolute Gasteiger partial charge is 0.246 e. The number of nitrogens with zero attached hydrogens (tertiary/aromatic N) is 1. The van der Waals surface area contributed by atoms with E-state index >= 15 is 0 Å². The molecule has 3 aliphatic rings. The van der Waals surface area contributed by atoms with E-state index in [-0.39, 0.29) is 16.8 Å². The van der Waals surface area contributed by atoms with Gasteiger partial charge in [-0.2, -0.15) is 5.10 Å². The van der Waals surface area contributed by atoms with Crippen molar-refractivity contribution in [1.82, 2.24) is 14.9 Å². The van der Waals surface area contributed by atoms with Crippen LogP contribution in [0.3, 0.4) is 0 Å². The second-order valence-corrected chi connectivity index (χ2v) is 7.47. The van der Waals surface area contributed by atoms with Crippen LogP contribution in [0.5, 0.6) is 0 Å². The van der Waals surface area contributed by atoms with Crippen molar-refractivity contribution in [2.45, 2.75) is 30.2 Å². The van der Waals surface area contributed by atoms with Gasteiger partial charge in [0.25, 0.3) is 0 Å². The monoisotopic (exact) mass is 268 g/mol. The first-order chi connectivity index (χ1) is 8.58. The summed E-state index contributed by atoms with van der Waals surface area (Å²) in [6.07, 6.45) is 5.13. The molecule has 0 aromatic carbocycles. The Kier molecular flexibility index (Phi) is 1.96. The first-order valence-corrected chi connectivity index (χ1v) is 7.87. The number of aromatic nitrogens is 2. The summed E-state index contributed by atoms with van der Waals surface area (Å²) in [5, 5.41) is 6.12. The lowest BCUT2D eigenvalue weighted by Gasteiger charge is -2.10. The molecular weight excluding hydrogens is 252 g/mol. The number of nitrogens with two attached hydrogens (primary N) is 1. The maximum absolute atomic E-state index is 12.2. The highest BCUT2D eigenvalue weighted by molar-refractivity contribution is 7.89. The van der Waals surface area contributed by atoms with Gasteiger partial charge in [-0.05, 0) is 42.9 Å². The molecule has 3 fully saturated rings. The second kappa shape index (κ2) is 3.27. The van der Waals surface area contributed by atoms with Crippen LogP contribution in [0.4, 0.5) is 5.82 Å². The van der Waals surface area contributed by atoms with Crippen LogP contribution in [0.25, 0.3) is 0 Å². The van der Waals surface area contributed by atoms with E-state index in [1.165, 1.54) is 25.5 Å². The molecule has 4 unspecified atom stereocenters. The number of nitrogens with one attached hydrogen (secondary N) is 2. The minimum atomic E-state index is -3.51. The highest BCUT2D eigenvalue weighted by atomic mass is 32.2. The van der Waals surface area contributed by atoms with E-state index in [1.807, 2.05) is 0 Å². The lowest BCUT2D eigenvalue weighted by atomic mass is 10.0. The summed E-state index contributed by atoms with van der Waals surface area (Å²) in [6.45, 7) is 0. The van der Waals surface area contributed by atoms with Gasteiger partial charge in [0.15, 0.2) is 0 Å². The molecule has 7 heteroatoms. The number of anilines is 1. The summed E-state index contributed by atoms with van der Waals surface area (Å²) in [5.41, 5.74) is 5.57. The van der Waals surface area contributed by atoms with Crippen molar-refractivity contribution >= 4 is 15.8 Å². The Labute approximate surface area is 105 Å². The van der Waals surface area contributed by atoms with E-state index in [2.05, 4.69) is 14.9 Å². The Balaban J connectivity index is 1.55. The van der Waals surface area contributed by atoms with Gasteiger partial charge in [0, 0.05) is 6.04 Å². The van der Waals surface area contributed by atoms with E-state index in [1.54, 1.807) is 0 Å². The molecule has 98 valence electrons.